The minimum Gasteiger partial charge on any atom is -0.299 e. The van der Waals surface area contributed by atoms with Crippen LogP contribution in [0.4, 0.5) is 0 Å². The summed E-state index contributed by atoms with van der Waals surface area (Å²) in [5, 5.41) is 1.04. The van der Waals surface area contributed by atoms with Gasteiger partial charge in [-0.3, -0.25) is 4.79 Å². The lowest BCUT2D eigenvalue weighted by Gasteiger charge is -2.60. The van der Waals surface area contributed by atoms with Crippen molar-refractivity contribution in [2.45, 2.75) is 65.7 Å². The molecule has 1 aromatic rings. The van der Waals surface area contributed by atoms with Gasteiger partial charge in [0.1, 0.15) is 10.8 Å². The molecule has 4 bridgehead atoms. The van der Waals surface area contributed by atoms with Crippen LogP contribution in [0, 0.1) is 36.5 Å². The van der Waals surface area contributed by atoms with E-state index >= 15 is 0 Å². The van der Waals surface area contributed by atoms with Gasteiger partial charge in [0.2, 0.25) is 0 Å². The number of carbonyl (C=O) groups is 1. The van der Waals surface area contributed by atoms with Gasteiger partial charge in [-0.2, -0.15) is 0 Å². The summed E-state index contributed by atoms with van der Waals surface area (Å²) in [6.07, 6.45) is 8.19. The lowest BCUT2D eigenvalue weighted by Crippen LogP contribution is -2.54. The van der Waals surface area contributed by atoms with Gasteiger partial charge >= 0.3 is 0 Å². The highest BCUT2D eigenvalue weighted by molar-refractivity contribution is 7.11. The molecule has 4 aliphatic rings. The van der Waals surface area contributed by atoms with E-state index in [2.05, 4.69) is 18.8 Å². The zero-order chi connectivity index (χ0) is 14.8. The molecule has 4 fully saturated rings. The van der Waals surface area contributed by atoms with Gasteiger partial charge in [0.25, 0.3) is 0 Å². The number of hydrogen-bond donors (Lipinski definition) is 0. The van der Waals surface area contributed by atoms with Crippen LogP contribution in [0.25, 0.3) is 0 Å². The minimum absolute atomic E-state index is 0.00626. The molecular formula is C18H25NOS. The highest BCUT2D eigenvalue weighted by Crippen LogP contribution is 2.65. The van der Waals surface area contributed by atoms with Gasteiger partial charge in [-0.05, 0) is 69.6 Å². The van der Waals surface area contributed by atoms with Crippen LogP contribution in [-0.2, 0) is 11.2 Å². The molecule has 0 N–H and O–H groups in total. The van der Waals surface area contributed by atoms with E-state index in [9.17, 15) is 4.79 Å². The van der Waals surface area contributed by atoms with Crippen LogP contribution in [-0.4, -0.2) is 10.8 Å². The summed E-state index contributed by atoms with van der Waals surface area (Å²) in [6.45, 7) is 6.59. The molecule has 4 aliphatic carbocycles. The predicted molar refractivity (Wildman–Crippen MR) is 85.5 cm³/mol. The fourth-order valence-electron chi connectivity index (χ4n) is 5.99. The predicted octanol–water partition coefficient (Wildman–Crippen LogP) is 4.48. The number of thiazole rings is 1. The summed E-state index contributed by atoms with van der Waals surface area (Å²) in [4.78, 5) is 18.9. The van der Waals surface area contributed by atoms with Crippen molar-refractivity contribution in [3.8, 4) is 0 Å². The van der Waals surface area contributed by atoms with E-state index in [0.717, 1.165) is 29.0 Å². The summed E-state index contributed by atoms with van der Waals surface area (Å²) < 4.78 is 0. The highest BCUT2D eigenvalue weighted by atomic mass is 32.1. The zero-order valence-corrected chi connectivity index (χ0v) is 14.2. The second-order valence-corrected chi connectivity index (χ2v) is 9.69. The van der Waals surface area contributed by atoms with Crippen LogP contribution in [0.1, 0.15) is 61.0 Å². The first-order chi connectivity index (χ1) is 9.87. The molecule has 2 atom stereocenters. The Balaban J connectivity index is 1.59. The number of nitrogens with zero attached hydrogens (tertiary/aromatic N) is 1. The van der Waals surface area contributed by atoms with E-state index in [1.165, 1.54) is 37.0 Å². The maximum atomic E-state index is 13.1. The number of ketones is 1. The van der Waals surface area contributed by atoms with Gasteiger partial charge in [-0.15, -0.1) is 11.3 Å². The molecule has 0 amide bonds. The van der Waals surface area contributed by atoms with Crippen molar-refractivity contribution in [2.75, 3.05) is 0 Å². The van der Waals surface area contributed by atoms with Gasteiger partial charge in [-0.1, -0.05) is 6.92 Å². The maximum Gasteiger partial charge on any atom is 0.145 e. The molecule has 1 heterocycles. The van der Waals surface area contributed by atoms with Crippen LogP contribution in [0.2, 0.25) is 0 Å². The zero-order valence-electron chi connectivity index (χ0n) is 13.4. The van der Waals surface area contributed by atoms with E-state index in [0.29, 0.717) is 17.6 Å². The Bertz CT molecular complexity index is 569. The molecule has 0 spiro atoms. The fourth-order valence-corrected chi connectivity index (χ4v) is 6.92. The number of Topliss-reactive ketones (excluding diaryl/α,β-unsaturated/α-hetero) is 1. The van der Waals surface area contributed by atoms with Crippen LogP contribution in [0.5, 0.6) is 0 Å². The van der Waals surface area contributed by atoms with Gasteiger partial charge in [0.15, 0.2) is 0 Å². The highest BCUT2D eigenvalue weighted by Gasteiger charge is 2.58. The summed E-state index contributed by atoms with van der Waals surface area (Å²) in [5.41, 5.74) is 1.56. The first-order valence-electron chi connectivity index (χ1n) is 8.34. The number of aryl methyl sites for hydroxylation is 2. The summed E-state index contributed by atoms with van der Waals surface area (Å²) in [5.74, 6) is 2.14. The van der Waals surface area contributed by atoms with Crippen molar-refractivity contribution in [2.24, 2.45) is 22.7 Å². The summed E-state index contributed by atoms with van der Waals surface area (Å²) in [6, 6.07) is 0. The van der Waals surface area contributed by atoms with E-state index in [1.54, 1.807) is 11.3 Å². The Morgan fingerprint density at radius 3 is 2.43 bits per heavy atom. The molecule has 0 saturated heterocycles. The second kappa shape index (κ2) is 4.41. The molecule has 2 unspecified atom stereocenters. The quantitative estimate of drug-likeness (QED) is 0.824. The number of carbonyl (C=O) groups excluding carboxylic acids is 1. The molecule has 1 aromatic heterocycles. The second-order valence-electron chi connectivity index (χ2n) is 8.40. The Morgan fingerprint density at radius 2 is 1.90 bits per heavy atom. The van der Waals surface area contributed by atoms with Crippen molar-refractivity contribution in [3.05, 3.63) is 15.6 Å². The summed E-state index contributed by atoms with van der Waals surface area (Å²) in [7, 11) is 0. The van der Waals surface area contributed by atoms with E-state index < -0.39 is 0 Å². The molecule has 114 valence electrons. The monoisotopic (exact) mass is 303 g/mol. The third kappa shape index (κ3) is 2.19. The molecule has 5 rings (SSSR count). The SMILES string of the molecule is Cc1nc(CC(=O)C23CC4CC(CC(C)(C4)C2)C3)sc1C. The normalized spacial score (nSPS) is 40.7. The van der Waals surface area contributed by atoms with Crippen molar-refractivity contribution < 1.29 is 4.79 Å². The van der Waals surface area contributed by atoms with Crippen molar-refractivity contribution in [1.29, 1.82) is 0 Å². The van der Waals surface area contributed by atoms with Crippen molar-refractivity contribution >= 4 is 17.1 Å². The van der Waals surface area contributed by atoms with E-state index in [-0.39, 0.29) is 5.41 Å². The Hall–Kier alpha value is -0.700. The molecular weight excluding hydrogens is 278 g/mol. The number of rotatable bonds is 3. The fraction of sp³-hybridized carbons (Fsp3) is 0.778. The molecule has 0 aliphatic heterocycles. The van der Waals surface area contributed by atoms with Crippen LogP contribution in [0.3, 0.4) is 0 Å². The third-order valence-electron chi connectivity index (χ3n) is 6.33. The standard InChI is InChI=1S/C18H25NOS/c1-11-12(2)21-16(19-11)5-15(20)18-8-13-4-14(9-18)7-17(3,6-13)10-18/h13-14H,4-10H2,1-3H3. The van der Waals surface area contributed by atoms with Crippen LogP contribution < -0.4 is 0 Å². The van der Waals surface area contributed by atoms with Crippen molar-refractivity contribution in [3.63, 3.8) is 0 Å². The minimum atomic E-state index is 0.00626. The Labute approximate surface area is 131 Å². The topological polar surface area (TPSA) is 30.0 Å². The molecule has 0 radical (unpaired) electrons. The molecule has 0 aromatic carbocycles. The van der Waals surface area contributed by atoms with Gasteiger partial charge < -0.3 is 0 Å². The molecule has 21 heavy (non-hydrogen) atoms. The Morgan fingerprint density at radius 1 is 1.24 bits per heavy atom. The average Bonchev–Trinajstić information content (AvgIpc) is 2.65. The largest absolute Gasteiger partial charge is 0.299 e. The lowest BCUT2D eigenvalue weighted by atomic mass is 9.43. The van der Waals surface area contributed by atoms with Gasteiger partial charge in [0.05, 0.1) is 12.1 Å². The lowest BCUT2D eigenvalue weighted by molar-refractivity contribution is -0.152. The smallest absolute Gasteiger partial charge is 0.145 e. The van der Waals surface area contributed by atoms with Gasteiger partial charge in [0, 0.05) is 10.3 Å². The first-order valence-corrected chi connectivity index (χ1v) is 9.15. The molecule has 3 heteroatoms. The Kier molecular flexibility index (Phi) is 2.92. The van der Waals surface area contributed by atoms with E-state index in [1.807, 2.05) is 6.92 Å². The van der Waals surface area contributed by atoms with Crippen LogP contribution >= 0.6 is 11.3 Å². The first kappa shape index (κ1) is 13.9. The summed E-state index contributed by atoms with van der Waals surface area (Å²) >= 11 is 1.71. The molecule has 4 saturated carbocycles. The molecule has 2 nitrogen and oxygen atoms in total. The average molecular weight is 303 g/mol. The maximum absolute atomic E-state index is 13.1. The van der Waals surface area contributed by atoms with E-state index in [4.69, 9.17) is 0 Å². The number of hydrogen-bond acceptors (Lipinski definition) is 3. The third-order valence-corrected chi connectivity index (χ3v) is 7.40. The van der Waals surface area contributed by atoms with Crippen molar-refractivity contribution in [1.82, 2.24) is 4.98 Å². The number of aromatic nitrogens is 1. The van der Waals surface area contributed by atoms with Crippen LogP contribution in [0.15, 0.2) is 0 Å². The van der Waals surface area contributed by atoms with Gasteiger partial charge in [-0.25, -0.2) is 4.98 Å².